The predicted octanol–water partition coefficient (Wildman–Crippen LogP) is 7.13. The molecule has 0 unspecified atom stereocenters. The Labute approximate surface area is 220 Å². The number of thiol groups is 2. The van der Waals surface area contributed by atoms with Crippen molar-refractivity contribution in [2.45, 2.75) is 32.7 Å². The minimum Gasteiger partial charge on any atom is -0.473 e. The minimum absolute atomic E-state index is 0.522. The highest BCUT2D eigenvalue weighted by Crippen LogP contribution is 2.38. The van der Waals surface area contributed by atoms with Crippen molar-refractivity contribution in [1.29, 1.82) is 0 Å². The second-order valence-electron chi connectivity index (χ2n) is 8.56. The van der Waals surface area contributed by atoms with Crippen molar-refractivity contribution >= 4 is 48.4 Å². The Morgan fingerprint density at radius 1 is 0.600 bits per heavy atom. The van der Waals surface area contributed by atoms with E-state index in [4.69, 9.17) is 9.47 Å². The molecule has 6 rings (SSSR count). The topological polar surface area (TPSA) is 24.9 Å². The van der Waals surface area contributed by atoms with Gasteiger partial charge in [0.15, 0.2) is 13.5 Å². The summed E-state index contributed by atoms with van der Waals surface area (Å²) >= 11 is 11.0. The molecule has 2 aliphatic rings. The predicted molar refractivity (Wildman–Crippen MR) is 148 cm³/mol. The van der Waals surface area contributed by atoms with Crippen LogP contribution in [0.1, 0.15) is 11.1 Å². The van der Waals surface area contributed by atoms with Crippen molar-refractivity contribution in [1.82, 2.24) is 0 Å². The van der Waals surface area contributed by atoms with Crippen molar-refractivity contribution in [2.24, 2.45) is 0 Å². The molecule has 4 aromatic rings. The van der Waals surface area contributed by atoms with Gasteiger partial charge >= 0.3 is 0 Å². The average molecular weight is 517 g/mol. The van der Waals surface area contributed by atoms with Gasteiger partial charge in [0.25, 0.3) is 0 Å². The Kier molecular flexibility index (Phi) is 6.22. The van der Waals surface area contributed by atoms with Crippen LogP contribution in [-0.4, -0.2) is 13.5 Å². The van der Waals surface area contributed by atoms with Gasteiger partial charge in [0, 0.05) is 43.8 Å². The van der Waals surface area contributed by atoms with Gasteiger partial charge in [-0.1, -0.05) is 36.0 Å². The SMILES string of the molecule is Sc1ccccc1N1COc2ccc(Sc3ccc4c(c3)CN(c3ccccc3S)CO4)cc2C1. The summed E-state index contributed by atoms with van der Waals surface area (Å²) in [5.41, 5.74) is 4.52. The quantitative estimate of drug-likeness (QED) is 0.281. The van der Waals surface area contributed by atoms with E-state index in [-0.39, 0.29) is 0 Å². The van der Waals surface area contributed by atoms with E-state index < -0.39 is 0 Å². The number of benzene rings is 4. The van der Waals surface area contributed by atoms with Crippen LogP contribution in [0.5, 0.6) is 11.5 Å². The summed E-state index contributed by atoms with van der Waals surface area (Å²) < 4.78 is 12.1. The van der Waals surface area contributed by atoms with Crippen LogP contribution in [0.25, 0.3) is 0 Å². The fraction of sp³-hybridized carbons (Fsp3) is 0.143. The van der Waals surface area contributed by atoms with Crippen molar-refractivity contribution in [3.8, 4) is 11.5 Å². The average Bonchev–Trinajstić information content (AvgIpc) is 2.88. The highest BCUT2D eigenvalue weighted by Gasteiger charge is 2.21. The van der Waals surface area contributed by atoms with Crippen molar-refractivity contribution < 1.29 is 9.47 Å². The Morgan fingerprint density at radius 3 is 1.51 bits per heavy atom. The van der Waals surface area contributed by atoms with Crippen LogP contribution < -0.4 is 19.3 Å². The Hall–Kier alpha value is -2.87. The van der Waals surface area contributed by atoms with Crippen molar-refractivity contribution in [3.05, 3.63) is 96.1 Å². The lowest BCUT2D eigenvalue weighted by atomic mass is 10.1. The lowest BCUT2D eigenvalue weighted by molar-refractivity contribution is 0.288. The molecule has 0 radical (unpaired) electrons. The monoisotopic (exact) mass is 516 g/mol. The maximum atomic E-state index is 6.04. The number of rotatable bonds is 4. The maximum absolute atomic E-state index is 6.04. The lowest BCUT2D eigenvalue weighted by Gasteiger charge is -2.32. The first-order chi connectivity index (χ1) is 17.1. The molecule has 0 atom stereocenters. The van der Waals surface area contributed by atoms with Gasteiger partial charge in [0.2, 0.25) is 0 Å². The number of hydrogen-bond donors (Lipinski definition) is 2. The van der Waals surface area contributed by atoms with Crippen LogP contribution in [0, 0.1) is 0 Å². The third-order valence-corrected chi connectivity index (χ3v) is 7.95. The summed E-state index contributed by atoms with van der Waals surface area (Å²) in [7, 11) is 0. The van der Waals surface area contributed by atoms with E-state index in [1.807, 2.05) is 36.4 Å². The number of nitrogens with zero attached hydrogens (tertiary/aromatic N) is 2. The standard InChI is InChI=1S/C28H24N2O2S3/c33-27-7-3-1-5-23(27)29-15-19-13-21(9-11-25(19)31-17-29)35-22-10-12-26-20(14-22)16-30(18-32-26)24-6-2-4-8-28(24)34/h1-14,33-34H,15-18H2. The molecule has 4 nitrogen and oxygen atoms in total. The van der Waals surface area contributed by atoms with Gasteiger partial charge in [-0.25, -0.2) is 0 Å². The third-order valence-electron chi connectivity index (χ3n) is 6.22. The summed E-state index contributed by atoms with van der Waals surface area (Å²) in [4.78, 5) is 8.70. The van der Waals surface area contributed by atoms with Crippen LogP contribution in [0.2, 0.25) is 0 Å². The molecule has 7 heteroatoms. The molecule has 176 valence electrons. The van der Waals surface area contributed by atoms with Crippen LogP contribution >= 0.6 is 37.0 Å². The molecule has 2 aliphatic heterocycles. The Morgan fingerprint density at radius 2 is 1.06 bits per heavy atom. The normalized spacial score (nSPS) is 14.6. The summed E-state index contributed by atoms with van der Waals surface area (Å²) in [5, 5.41) is 0. The molecule has 0 fully saturated rings. The van der Waals surface area contributed by atoms with E-state index in [0.717, 1.165) is 45.8 Å². The molecule has 35 heavy (non-hydrogen) atoms. The highest BCUT2D eigenvalue weighted by molar-refractivity contribution is 7.99. The van der Waals surface area contributed by atoms with E-state index in [9.17, 15) is 0 Å². The minimum atomic E-state index is 0.522. The number of ether oxygens (including phenoxy) is 2. The first-order valence-electron chi connectivity index (χ1n) is 11.4. The maximum Gasteiger partial charge on any atom is 0.161 e. The molecule has 0 bridgehead atoms. The Bertz CT molecular complexity index is 1290. The number of fused-ring (bicyclic) bond motifs is 2. The molecule has 0 aromatic heterocycles. The number of para-hydroxylation sites is 2. The van der Waals surface area contributed by atoms with Crippen LogP contribution in [0.15, 0.2) is 105 Å². The van der Waals surface area contributed by atoms with Crippen LogP contribution in [-0.2, 0) is 13.1 Å². The molecular formula is C28H24N2O2S3. The van der Waals surface area contributed by atoms with Crippen molar-refractivity contribution in [3.63, 3.8) is 0 Å². The highest BCUT2D eigenvalue weighted by atomic mass is 32.2. The lowest BCUT2D eigenvalue weighted by Crippen LogP contribution is -2.32. The largest absolute Gasteiger partial charge is 0.473 e. The van der Waals surface area contributed by atoms with Gasteiger partial charge in [-0.3, -0.25) is 0 Å². The number of anilines is 2. The van der Waals surface area contributed by atoms with E-state index in [1.165, 1.54) is 20.9 Å². The first kappa shape index (κ1) is 22.6. The zero-order chi connectivity index (χ0) is 23.8. The van der Waals surface area contributed by atoms with E-state index in [1.54, 1.807) is 11.8 Å². The molecule has 0 N–H and O–H groups in total. The first-order valence-corrected chi connectivity index (χ1v) is 13.1. The zero-order valence-electron chi connectivity index (χ0n) is 18.9. The summed E-state index contributed by atoms with van der Waals surface area (Å²) in [5.74, 6) is 1.89. The van der Waals surface area contributed by atoms with Gasteiger partial charge in [0.1, 0.15) is 11.5 Å². The molecule has 0 amide bonds. The molecule has 4 aromatic carbocycles. The van der Waals surface area contributed by atoms with Crippen molar-refractivity contribution in [2.75, 3.05) is 23.3 Å². The van der Waals surface area contributed by atoms with Crippen LogP contribution in [0.3, 0.4) is 0 Å². The third kappa shape index (κ3) is 4.68. The fourth-order valence-electron chi connectivity index (χ4n) is 4.47. The molecule has 0 aliphatic carbocycles. The van der Waals surface area contributed by atoms with Gasteiger partial charge in [-0.05, 0) is 60.7 Å². The van der Waals surface area contributed by atoms with Gasteiger partial charge in [0.05, 0.1) is 11.4 Å². The summed E-state index contributed by atoms with van der Waals surface area (Å²) in [6, 6.07) is 29.1. The summed E-state index contributed by atoms with van der Waals surface area (Å²) in [6.45, 7) is 2.62. The van der Waals surface area contributed by atoms with Gasteiger partial charge < -0.3 is 19.3 Å². The van der Waals surface area contributed by atoms with Gasteiger partial charge in [-0.2, -0.15) is 0 Å². The number of hydrogen-bond acceptors (Lipinski definition) is 7. The molecule has 0 saturated carbocycles. The van der Waals surface area contributed by atoms with E-state index in [0.29, 0.717) is 13.5 Å². The molecule has 2 heterocycles. The summed E-state index contributed by atoms with van der Waals surface area (Å²) in [6.07, 6.45) is 0. The zero-order valence-corrected chi connectivity index (χ0v) is 21.5. The van der Waals surface area contributed by atoms with E-state index >= 15 is 0 Å². The van der Waals surface area contributed by atoms with E-state index in [2.05, 4.69) is 83.6 Å². The smallest absolute Gasteiger partial charge is 0.161 e. The van der Waals surface area contributed by atoms with Crippen LogP contribution in [0.4, 0.5) is 11.4 Å². The second kappa shape index (κ2) is 9.64. The Balaban J connectivity index is 1.21. The molecule has 0 spiro atoms. The van der Waals surface area contributed by atoms with Gasteiger partial charge in [-0.15, -0.1) is 25.3 Å². The molecular weight excluding hydrogens is 493 g/mol. The second-order valence-corrected chi connectivity index (χ2v) is 10.7. The fourth-order valence-corrected chi connectivity index (χ4v) is 6.02. The molecule has 0 saturated heterocycles.